The highest BCUT2D eigenvalue weighted by molar-refractivity contribution is 6.33. The number of halogens is 1. The van der Waals surface area contributed by atoms with Crippen LogP contribution in [0.4, 0.5) is 33.6 Å². The smallest absolute Gasteiger partial charge is 0.407 e. The molecule has 0 saturated heterocycles. The Bertz CT molecular complexity index is 1900. The van der Waals surface area contributed by atoms with Gasteiger partial charge in [0, 0.05) is 6.54 Å². The van der Waals surface area contributed by atoms with Crippen molar-refractivity contribution in [3.8, 4) is 5.75 Å². The van der Waals surface area contributed by atoms with Crippen LogP contribution in [0.25, 0.3) is 0 Å². The summed E-state index contributed by atoms with van der Waals surface area (Å²) in [4.78, 5) is 58.7. The van der Waals surface area contributed by atoms with E-state index in [1.54, 1.807) is 57.2 Å². The van der Waals surface area contributed by atoms with Crippen molar-refractivity contribution in [3.63, 3.8) is 0 Å². The molecule has 0 aliphatic carbocycles. The van der Waals surface area contributed by atoms with Crippen LogP contribution in [0.2, 0.25) is 5.02 Å². The third-order valence-corrected chi connectivity index (χ3v) is 6.96. The molecular formula is C36H38ClN7O7. The molecule has 4 rings (SSSR count). The van der Waals surface area contributed by atoms with Crippen molar-refractivity contribution in [2.75, 3.05) is 29.1 Å². The van der Waals surface area contributed by atoms with Crippen LogP contribution in [-0.4, -0.2) is 52.6 Å². The summed E-state index contributed by atoms with van der Waals surface area (Å²) in [5.41, 5.74) is 6.78. The summed E-state index contributed by atoms with van der Waals surface area (Å²) in [7, 11) is 0. The van der Waals surface area contributed by atoms with Crippen LogP contribution in [0, 0.1) is 0 Å². The third kappa shape index (κ3) is 11.5. The van der Waals surface area contributed by atoms with E-state index in [-0.39, 0.29) is 59.1 Å². The maximum absolute atomic E-state index is 13.5. The van der Waals surface area contributed by atoms with Gasteiger partial charge in [-0.25, -0.2) is 14.6 Å². The van der Waals surface area contributed by atoms with E-state index in [1.807, 2.05) is 18.2 Å². The second-order valence-electron chi connectivity index (χ2n) is 11.8. The summed E-state index contributed by atoms with van der Waals surface area (Å²) in [6.07, 6.45) is 2.24. The predicted octanol–water partition coefficient (Wildman–Crippen LogP) is 6.49. The first-order valence-corrected chi connectivity index (χ1v) is 16.1. The summed E-state index contributed by atoms with van der Waals surface area (Å²) < 4.78 is 16.7. The second-order valence-corrected chi connectivity index (χ2v) is 12.2. The number of amides is 3. The molecule has 6 N–H and O–H groups in total. The van der Waals surface area contributed by atoms with Crippen LogP contribution >= 0.6 is 11.6 Å². The fraction of sp³-hybridized carbons (Fsp3) is 0.222. The molecule has 15 heteroatoms. The number of primary amides is 1. The first-order valence-electron chi connectivity index (χ1n) is 15.7. The molecule has 14 nitrogen and oxygen atoms in total. The Labute approximate surface area is 299 Å². The molecule has 0 aliphatic rings. The van der Waals surface area contributed by atoms with Gasteiger partial charge < -0.3 is 41.2 Å². The van der Waals surface area contributed by atoms with E-state index in [2.05, 4.69) is 37.8 Å². The predicted molar refractivity (Wildman–Crippen MR) is 194 cm³/mol. The Hall–Kier alpha value is -6.15. The molecule has 0 saturated carbocycles. The van der Waals surface area contributed by atoms with E-state index in [0.717, 1.165) is 11.6 Å². The van der Waals surface area contributed by atoms with Gasteiger partial charge in [-0.15, -0.1) is 0 Å². The number of hydrogen-bond donors (Lipinski definition) is 5. The van der Waals surface area contributed by atoms with Crippen molar-refractivity contribution < 1.29 is 33.4 Å². The largest absolute Gasteiger partial charge is 0.493 e. The zero-order chi connectivity index (χ0) is 37.0. The van der Waals surface area contributed by atoms with Crippen LogP contribution < -0.4 is 31.7 Å². The molecule has 0 bridgehead atoms. The normalized spacial score (nSPS) is 10.7. The highest BCUT2D eigenvalue weighted by Crippen LogP contribution is 2.32. The molecular weight excluding hydrogens is 678 g/mol. The molecule has 3 amide bonds. The molecule has 3 aromatic carbocycles. The number of para-hydroxylation sites is 2. The monoisotopic (exact) mass is 715 g/mol. The van der Waals surface area contributed by atoms with E-state index >= 15 is 0 Å². The minimum atomic E-state index is -0.832. The summed E-state index contributed by atoms with van der Waals surface area (Å²) in [5, 5.41) is 11.5. The number of carbonyl (C=O) groups excluding carboxylic acids is 4. The number of benzene rings is 3. The van der Waals surface area contributed by atoms with Crippen molar-refractivity contribution in [1.29, 1.82) is 0 Å². The van der Waals surface area contributed by atoms with Crippen molar-refractivity contribution in [3.05, 3.63) is 107 Å². The maximum Gasteiger partial charge on any atom is 0.407 e. The highest BCUT2D eigenvalue weighted by Gasteiger charge is 2.22. The average Bonchev–Trinajstić information content (AvgIpc) is 3.09. The summed E-state index contributed by atoms with van der Waals surface area (Å²) in [5.74, 6) is -1.81. The Morgan fingerprint density at radius 3 is 2.33 bits per heavy atom. The van der Waals surface area contributed by atoms with Gasteiger partial charge in [-0.3, -0.25) is 9.59 Å². The lowest BCUT2D eigenvalue weighted by Crippen LogP contribution is -2.33. The number of nitrogens with one attached hydrogen (secondary N) is 4. The van der Waals surface area contributed by atoms with Gasteiger partial charge in [0.05, 0.1) is 41.0 Å². The second kappa shape index (κ2) is 17.5. The molecule has 1 aromatic heterocycles. The number of alkyl carbamates (subject to hydrolysis) is 1. The number of ether oxygens (including phenoxy) is 3. The number of carbonyl (C=O) groups is 4. The number of nitrogens with zero attached hydrogens (tertiary/aromatic N) is 2. The van der Waals surface area contributed by atoms with Gasteiger partial charge in [-0.05, 0) is 63.1 Å². The number of esters is 1. The first-order chi connectivity index (χ1) is 24.3. The zero-order valence-electron chi connectivity index (χ0n) is 28.2. The Morgan fingerprint density at radius 1 is 0.941 bits per heavy atom. The van der Waals surface area contributed by atoms with Gasteiger partial charge in [0.2, 0.25) is 11.9 Å². The highest BCUT2D eigenvalue weighted by atomic mass is 35.5. The van der Waals surface area contributed by atoms with Gasteiger partial charge >= 0.3 is 12.1 Å². The lowest BCUT2D eigenvalue weighted by atomic mass is 10.1. The number of rotatable bonds is 15. The van der Waals surface area contributed by atoms with Gasteiger partial charge in [0.25, 0.3) is 5.91 Å². The number of anilines is 5. The molecule has 51 heavy (non-hydrogen) atoms. The molecule has 1 heterocycles. The quantitative estimate of drug-likeness (QED) is 0.0512. The molecule has 266 valence electrons. The van der Waals surface area contributed by atoms with Gasteiger partial charge in [0.15, 0.2) is 5.82 Å². The number of hydrogen-bond acceptors (Lipinski definition) is 11. The van der Waals surface area contributed by atoms with Crippen molar-refractivity contribution in [1.82, 2.24) is 15.3 Å². The average molecular weight is 716 g/mol. The molecule has 0 spiro atoms. The van der Waals surface area contributed by atoms with Crippen molar-refractivity contribution >= 4 is 64.3 Å². The van der Waals surface area contributed by atoms with Gasteiger partial charge in [0.1, 0.15) is 23.0 Å². The van der Waals surface area contributed by atoms with Crippen LogP contribution in [0.15, 0.2) is 85.6 Å². The van der Waals surface area contributed by atoms with Crippen molar-refractivity contribution in [2.24, 2.45) is 5.73 Å². The molecule has 0 aliphatic heterocycles. The minimum absolute atomic E-state index is 0.0103. The minimum Gasteiger partial charge on any atom is -0.493 e. The molecule has 0 radical (unpaired) electrons. The van der Waals surface area contributed by atoms with E-state index in [0.29, 0.717) is 17.8 Å². The SMILES string of the molecule is C=CC(=O)Nc1ccccc1Nc1nc(Nc2cc(C(N)=O)c(OCCCNC(=O)OC(C)(C)C)cc2C(=O)OCc2ccccc2)ncc1Cl. The first kappa shape index (κ1) is 37.7. The third-order valence-electron chi connectivity index (χ3n) is 6.68. The molecule has 0 fully saturated rings. The van der Waals surface area contributed by atoms with E-state index < -0.39 is 29.5 Å². The van der Waals surface area contributed by atoms with Gasteiger partial charge in [-0.2, -0.15) is 4.98 Å². The van der Waals surface area contributed by atoms with Crippen LogP contribution in [-0.2, 0) is 20.9 Å². The Morgan fingerprint density at radius 2 is 1.65 bits per heavy atom. The fourth-order valence-electron chi connectivity index (χ4n) is 4.37. The summed E-state index contributed by atoms with van der Waals surface area (Å²) >= 11 is 6.42. The maximum atomic E-state index is 13.5. The Kier molecular flexibility index (Phi) is 12.9. The number of aromatic nitrogens is 2. The summed E-state index contributed by atoms with van der Waals surface area (Å²) in [6.45, 7) is 8.99. The van der Waals surface area contributed by atoms with E-state index in [4.69, 9.17) is 31.5 Å². The van der Waals surface area contributed by atoms with E-state index in [1.165, 1.54) is 18.3 Å². The lowest BCUT2D eigenvalue weighted by Gasteiger charge is -2.19. The van der Waals surface area contributed by atoms with Crippen LogP contribution in [0.1, 0.15) is 53.5 Å². The zero-order valence-corrected chi connectivity index (χ0v) is 29.0. The topological polar surface area (TPSA) is 196 Å². The van der Waals surface area contributed by atoms with Crippen molar-refractivity contribution in [2.45, 2.75) is 39.4 Å². The lowest BCUT2D eigenvalue weighted by molar-refractivity contribution is -0.111. The standard InChI is InChI=1S/C36H38ClN7O7/c1-5-30(45)41-26-14-9-10-15-27(26)42-32-25(37)20-40-34(44-32)43-28-18-24(31(38)46)29(49-17-11-16-39-35(48)51-36(2,3)4)19-23(28)33(47)50-21-22-12-7-6-8-13-22/h5-10,12-15,18-20H,1,11,16-17,21H2,2-4H3,(H2,38,46)(H,39,48)(H,41,45)(H2,40,42,43,44). The van der Waals surface area contributed by atoms with Crippen LogP contribution in [0.5, 0.6) is 5.75 Å². The molecule has 4 aromatic rings. The molecule has 0 unspecified atom stereocenters. The Balaban J connectivity index is 1.61. The number of nitrogens with two attached hydrogens (primary N) is 1. The van der Waals surface area contributed by atoms with E-state index in [9.17, 15) is 19.2 Å². The molecule has 0 atom stereocenters. The summed E-state index contributed by atoms with van der Waals surface area (Å²) in [6, 6.07) is 18.6. The van der Waals surface area contributed by atoms with Crippen LogP contribution in [0.3, 0.4) is 0 Å². The fourth-order valence-corrected chi connectivity index (χ4v) is 4.51. The van der Waals surface area contributed by atoms with Gasteiger partial charge in [-0.1, -0.05) is 60.6 Å².